The molecule has 0 aromatic rings. The summed E-state index contributed by atoms with van der Waals surface area (Å²) in [6.45, 7) is 13.0. The van der Waals surface area contributed by atoms with E-state index in [2.05, 4.69) is 60.7 Å². The first-order valence-electron chi connectivity index (χ1n) is 5.65. The second kappa shape index (κ2) is 4.52. The van der Waals surface area contributed by atoms with Crippen molar-refractivity contribution < 1.29 is 4.79 Å². The van der Waals surface area contributed by atoms with Crippen LogP contribution in [0.25, 0.3) is 0 Å². The molecule has 4 unspecified atom stereocenters. The molecule has 1 amide bonds. The topological polar surface area (TPSA) is 32.3 Å². The molecule has 0 aliphatic carbocycles. The van der Waals surface area contributed by atoms with Gasteiger partial charge in [0.05, 0.1) is 12.0 Å². The van der Waals surface area contributed by atoms with Crippen molar-refractivity contribution >= 4 is 23.3 Å². The molecule has 4 atom stereocenters. The van der Waals surface area contributed by atoms with E-state index in [0.717, 1.165) is 0 Å². The van der Waals surface area contributed by atoms with Crippen LogP contribution < -0.4 is 5.43 Å². The van der Waals surface area contributed by atoms with Crippen LogP contribution in [-0.2, 0) is 4.79 Å². The Kier molecular flexibility index (Phi) is 4.05. The average molecular weight is 262 g/mol. The fraction of sp³-hybridized carbons (Fsp3) is 0.909. The highest BCUT2D eigenvalue weighted by atomic mass is 32.0. The summed E-state index contributed by atoms with van der Waals surface area (Å²) in [4.78, 5) is 12.1. The molecule has 0 spiro atoms. The number of hydrazine groups is 1. The summed E-state index contributed by atoms with van der Waals surface area (Å²) in [7, 11) is 3.25. The first-order valence-corrected chi connectivity index (χ1v) is 8.40. The highest BCUT2D eigenvalue weighted by molar-refractivity contribution is 8.01. The van der Waals surface area contributed by atoms with E-state index in [1.807, 2.05) is 0 Å². The summed E-state index contributed by atoms with van der Waals surface area (Å²) in [6, 6.07) is 0.260. The lowest BCUT2D eigenvalue weighted by molar-refractivity contribution is -0.126. The van der Waals surface area contributed by atoms with Crippen LogP contribution in [0.15, 0.2) is 0 Å². The van der Waals surface area contributed by atoms with Crippen molar-refractivity contribution in [1.29, 1.82) is 0 Å². The highest BCUT2D eigenvalue weighted by Gasteiger charge is 2.51. The van der Waals surface area contributed by atoms with Gasteiger partial charge in [-0.25, -0.2) is 0 Å². The number of nitrogens with zero attached hydrogens (tertiary/aromatic N) is 1. The van der Waals surface area contributed by atoms with Crippen molar-refractivity contribution in [2.75, 3.05) is 0 Å². The summed E-state index contributed by atoms with van der Waals surface area (Å²) in [5.74, 6) is 0.225. The SMILES string of the molecule is CC(C)(C)C1C(=O)NN(PP)C1C(C)(C)C. The standard InChI is InChI=1S/C11H24N2OP2/c1-10(2,3)7-8(11(4,5)6)13(16-15)12-9(7)14/h7-8,16H,15H2,1-6H3,(H,12,14). The third-order valence-corrected chi connectivity index (χ3v) is 4.57. The lowest BCUT2D eigenvalue weighted by Gasteiger charge is -2.40. The Morgan fingerprint density at radius 3 is 2.00 bits per heavy atom. The molecule has 0 saturated carbocycles. The molecule has 0 aromatic carbocycles. The molecule has 0 radical (unpaired) electrons. The first kappa shape index (κ1) is 14.4. The summed E-state index contributed by atoms with van der Waals surface area (Å²) in [5, 5.41) is 0. The minimum Gasteiger partial charge on any atom is -0.285 e. The molecule has 1 N–H and O–H groups in total. The van der Waals surface area contributed by atoms with E-state index >= 15 is 0 Å². The van der Waals surface area contributed by atoms with Gasteiger partial charge in [0.25, 0.3) is 0 Å². The number of amides is 1. The normalized spacial score (nSPS) is 29.1. The number of hydrogen-bond acceptors (Lipinski definition) is 2. The maximum atomic E-state index is 12.1. The van der Waals surface area contributed by atoms with E-state index in [1.54, 1.807) is 0 Å². The number of carbonyl (C=O) groups excluding carboxylic acids is 1. The number of rotatable bonds is 1. The van der Waals surface area contributed by atoms with Crippen LogP contribution in [0.3, 0.4) is 0 Å². The number of hydrogen-bond donors (Lipinski definition) is 1. The molecule has 1 fully saturated rings. The Balaban J connectivity index is 3.10. The molecule has 0 aromatic heterocycles. The van der Waals surface area contributed by atoms with Crippen LogP contribution in [0.2, 0.25) is 0 Å². The molecule has 16 heavy (non-hydrogen) atoms. The van der Waals surface area contributed by atoms with E-state index < -0.39 is 0 Å². The smallest absolute Gasteiger partial charge is 0.239 e. The van der Waals surface area contributed by atoms with E-state index in [0.29, 0.717) is 8.42 Å². The lowest BCUT2D eigenvalue weighted by Crippen LogP contribution is -2.44. The zero-order chi connectivity index (χ0) is 12.7. The zero-order valence-electron chi connectivity index (χ0n) is 11.1. The van der Waals surface area contributed by atoms with Crippen LogP contribution in [-0.4, -0.2) is 16.7 Å². The predicted octanol–water partition coefficient (Wildman–Crippen LogP) is 2.79. The van der Waals surface area contributed by atoms with Gasteiger partial charge in [0, 0.05) is 0 Å². The van der Waals surface area contributed by atoms with Gasteiger partial charge in [-0.05, 0) is 19.3 Å². The Labute approximate surface area is 103 Å². The van der Waals surface area contributed by atoms with Gasteiger partial charge >= 0.3 is 0 Å². The molecule has 1 aliphatic rings. The summed E-state index contributed by atoms with van der Waals surface area (Å²) in [6.07, 6.45) is 0. The minimum absolute atomic E-state index is 0.00109. The van der Waals surface area contributed by atoms with Gasteiger partial charge in [-0.1, -0.05) is 50.5 Å². The largest absolute Gasteiger partial charge is 0.285 e. The lowest BCUT2D eigenvalue weighted by atomic mass is 9.69. The number of nitrogens with one attached hydrogen (secondary N) is 1. The fourth-order valence-electron chi connectivity index (χ4n) is 2.42. The van der Waals surface area contributed by atoms with Gasteiger partial charge in [-0.3, -0.25) is 10.2 Å². The van der Waals surface area contributed by atoms with E-state index in [4.69, 9.17) is 0 Å². The second-order valence-electron chi connectivity index (χ2n) is 6.63. The monoisotopic (exact) mass is 262 g/mol. The third kappa shape index (κ3) is 2.75. The molecule has 5 heteroatoms. The summed E-state index contributed by atoms with van der Waals surface area (Å²) < 4.78 is 2.09. The fourth-order valence-corrected chi connectivity index (χ4v) is 3.96. The molecule has 1 heterocycles. The van der Waals surface area contributed by atoms with Crippen molar-refractivity contribution in [1.82, 2.24) is 10.2 Å². The van der Waals surface area contributed by atoms with Crippen LogP contribution in [0.4, 0.5) is 0 Å². The molecule has 1 aliphatic heterocycles. The zero-order valence-corrected chi connectivity index (χ0v) is 13.2. The van der Waals surface area contributed by atoms with E-state index in [1.165, 1.54) is 0 Å². The molecule has 3 nitrogen and oxygen atoms in total. The van der Waals surface area contributed by atoms with Crippen molar-refractivity contribution in [3.05, 3.63) is 0 Å². The predicted molar refractivity (Wildman–Crippen MR) is 74.2 cm³/mol. The van der Waals surface area contributed by atoms with Gasteiger partial charge < -0.3 is 0 Å². The van der Waals surface area contributed by atoms with Gasteiger partial charge in [-0.15, -0.1) is 0 Å². The van der Waals surface area contributed by atoms with Gasteiger partial charge in [-0.2, -0.15) is 4.78 Å². The van der Waals surface area contributed by atoms with Crippen molar-refractivity contribution in [2.24, 2.45) is 16.7 Å². The van der Waals surface area contributed by atoms with Crippen LogP contribution in [0.1, 0.15) is 41.5 Å². The Bertz CT molecular complexity index is 281. The van der Waals surface area contributed by atoms with E-state index in [9.17, 15) is 4.79 Å². The molecule has 0 bridgehead atoms. The van der Waals surface area contributed by atoms with Crippen LogP contribution >= 0.6 is 17.3 Å². The van der Waals surface area contributed by atoms with Gasteiger partial charge in [0.1, 0.15) is 0 Å². The molecule has 94 valence electrons. The van der Waals surface area contributed by atoms with E-state index in [-0.39, 0.29) is 28.7 Å². The highest BCUT2D eigenvalue weighted by Crippen LogP contribution is 2.47. The van der Waals surface area contributed by atoms with Crippen molar-refractivity contribution in [2.45, 2.75) is 47.6 Å². The Hall–Kier alpha value is 0.290. The molecule has 1 rings (SSSR count). The van der Waals surface area contributed by atoms with Crippen LogP contribution in [0.5, 0.6) is 0 Å². The van der Waals surface area contributed by atoms with Crippen molar-refractivity contribution in [3.63, 3.8) is 0 Å². The Morgan fingerprint density at radius 1 is 1.19 bits per heavy atom. The third-order valence-electron chi connectivity index (χ3n) is 3.07. The molecular formula is C11H24N2OP2. The first-order chi connectivity index (χ1) is 7.09. The van der Waals surface area contributed by atoms with Crippen LogP contribution in [0, 0.1) is 16.7 Å². The molecule has 1 saturated heterocycles. The quantitative estimate of drug-likeness (QED) is 0.737. The van der Waals surface area contributed by atoms with Gasteiger partial charge in [0.15, 0.2) is 0 Å². The average Bonchev–Trinajstić information content (AvgIpc) is 2.40. The Morgan fingerprint density at radius 2 is 1.69 bits per heavy atom. The van der Waals surface area contributed by atoms with Crippen molar-refractivity contribution in [3.8, 4) is 0 Å². The maximum Gasteiger partial charge on any atom is 0.239 e. The second-order valence-corrected chi connectivity index (χ2v) is 8.14. The summed E-state index contributed by atoms with van der Waals surface area (Å²) >= 11 is 0. The van der Waals surface area contributed by atoms with Gasteiger partial charge in [0.2, 0.25) is 5.91 Å². The maximum absolute atomic E-state index is 12.1. The number of carbonyl (C=O) groups is 1. The molecular weight excluding hydrogens is 238 g/mol. The summed E-state index contributed by atoms with van der Waals surface area (Å²) in [5.41, 5.74) is 3.10. The minimum atomic E-state index is 0.00109.